The molecule has 0 amide bonds. The quantitative estimate of drug-likeness (QED) is 0.0219. The molecule has 7 aromatic carbocycles. The number of rotatable bonds is 26. The first-order chi connectivity index (χ1) is 45.7. The smallest absolute Gasteiger partial charge is 0.233 e. The van der Waals surface area contributed by atoms with Gasteiger partial charge in [0.1, 0.15) is 42.0 Å². The number of fused-ring (bicyclic) bond motifs is 4. The summed E-state index contributed by atoms with van der Waals surface area (Å²) in [4.78, 5) is 45.9. The lowest BCUT2D eigenvalue weighted by Crippen LogP contribution is -2.47. The highest BCUT2D eigenvalue weighted by molar-refractivity contribution is 6.32. The van der Waals surface area contributed by atoms with Crippen molar-refractivity contribution in [3.05, 3.63) is 156 Å². The molecule has 11 aromatic rings. The average molecular weight is 1290 g/mol. The van der Waals surface area contributed by atoms with Gasteiger partial charge in [-0.2, -0.15) is 29.9 Å². The van der Waals surface area contributed by atoms with E-state index in [1.807, 2.05) is 121 Å². The molecule has 476 valence electrons. The van der Waals surface area contributed by atoms with Crippen molar-refractivity contribution in [1.82, 2.24) is 39.9 Å². The molecule has 6 N–H and O–H groups in total. The average Bonchev–Trinajstić information content (AvgIpc) is 0.881. The van der Waals surface area contributed by atoms with Crippen LogP contribution in [0.1, 0.15) is 25.7 Å². The molecule has 2 aliphatic rings. The monoisotopic (exact) mass is 1290 g/mol. The lowest BCUT2D eigenvalue weighted by atomic mass is 10.1. The van der Waals surface area contributed by atoms with Crippen LogP contribution in [0.2, 0.25) is 10.0 Å². The van der Waals surface area contributed by atoms with Gasteiger partial charge < -0.3 is 70.3 Å². The number of anilines is 11. The Morgan fingerprint density at radius 3 is 1.48 bits per heavy atom. The SMILES string of the molecule is COc1cc(Nc2nc(NCCCNc3c4ccc(Cl)cc4nc4ccc(OCCOc5ccc(Nc6nc(NCCNc7c8ccc(Cl)cc8nc8ccc(OC)cc78)nc(N7CCN(c8ccccc8)CC7)n6)cc5)cc34)nc(N3CCCCC3)n2)cc(OC)c1. The van der Waals surface area contributed by atoms with Crippen molar-refractivity contribution in [3.8, 4) is 28.7 Å². The van der Waals surface area contributed by atoms with E-state index in [2.05, 4.69) is 70.9 Å². The van der Waals surface area contributed by atoms with Crippen molar-refractivity contribution < 1.29 is 23.7 Å². The highest BCUT2D eigenvalue weighted by Crippen LogP contribution is 2.37. The molecule has 0 saturated carbocycles. The molecule has 13 rings (SSSR count). The minimum Gasteiger partial charge on any atom is -0.497 e. The number of methoxy groups -OCH3 is 3. The van der Waals surface area contributed by atoms with Gasteiger partial charge in [0.05, 0.1) is 54.8 Å². The number of hydrogen-bond acceptors (Lipinski definition) is 22. The van der Waals surface area contributed by atoms with E-state index in [1.165, 1.54) is 12.1 Å². The van der Waals surface area contributed by atoms with Crippen LogP contribution in [0.25, 0.3) is 43.6 Å². The minimum absolute atomic E-state index is 0.302. The fourth-order valence-electron chi connectivity index (χ4n) is 11.5. The van der Waals surface area contributed by atoms with E-state index in [-0.39, 0.29) is 0 Å². The van der Waals surface area contributed by atoms with Gasteiger partial charge >= 0.3 is 0 Å². The van der Waals surface area contributed by atoms with Crippen molar-refractivity contribution in [1.29, 1.82) is 0 Å². The van der Waals surface area contributed by atoms with Crippen molar-refractivity contribution in [2.45, 2.75) is 25.7 Å². The Morgan fingerprint density at radius 2 is 0.871 bits per heavy atom. The summed E-state index contributed by atoms with van der Waals surface area (Å²) in [5.41, 5.74) is 7.80. The van der Waals surface area contributed by atoms with Crippen LogP contribution in [0, 0.1) is 0 Å². The van der Waals surface area contributed by atoms with E-state index in [0.717, 1.165) is 131 Å². The number of pyridine rings is 2. The number of nitrogens with zero attached hydrogens (tertiary/aromatic N) is 11. The first kappa shape index (κ1) is 61.5. The fraction of sp³-hybridized carbons (Fsp3) is 0.275. The van der Waals surface area contributed by atoms with Gasteiger partial charge in [0, 0.05) is 132 Å². The third-order valence-corrected chi connectivity index (χ3v) is 16.7. The maximum absolute atomic E-state index is 6.51. The summed E-state index contributed by atoms with van der Waals surface area (Å²) >= 11 is 12.9. The lowest BCUT2D eigenvalue weighted by Gasteiger charge is -2.36. The molecule has 24 heteroatoms. The van der Waals surface area contributed by atoms with E-state index in [4.69, 9.17) is 86.8 Å². The zero-order valence-electron chi connectivity index (χ0n) is 51.9. The molecule has 0 aliphatic carbocycles. The zero-order chi connectivity index (χ0) is 63.5. The largest absolute Gasteiger partial charge is 0.497 e. The Balaban J connectivity index is 0.643. The number of piperidine rings is 1. The summed E-state index contributed by atoms with van der Waals surface area (Å²) in [6.07, 6.45) is 4.10. The Hall–Kier alpha value is -10.3. The van der Waals surface area contributed by atoms with Crippen molar-refractivity contribution in [2.75, 3.05) is 147 Å². The van der Waals surface area contributed by atoms with Gasteiger partial charge in [-0.1, -0.05) is 41.4 Å². The Morgan fingerprint density at radius 1 is 0.376 bits per heavy atom. The van der Waals surface area contributed by atoms with Gasteiger partial charge in [0.25, 0.3) is 0 Å². The molecule has 0 spiro atoms. The van der Waals surface area contributed by atoms with Crippen LogP contribution in [0.3, 0.4) is 0 Å². The molecule has 4 aromatic heterocycles. The molecule has 0 bridgehead atoms. The molecule has 93 heavy (non-hydrogen) atoms. The van der Waals surface area contributed by atoms with Gasteiger partial charge in [-0.25, -0.2) is 9.97 Å². The lowest BCUT2D eigenvalue weighted by molar-refractivity contribution is 0.217. The second kappa shape index (κ2) is 28.9. The third-order valence-electron chi connectivity index (χ3n) is 16.2. The molecule has 0 radical (unpaired) electrons. The van der Waals surface area contributed by atoms with E-state index in [0.29, 0.717) is 108 Å². The number of nitrogens with one attached hydrogen (secondary N) is 6. The maximum atomic E-state index is 6.51. The van der Waals surface area contributed by atoms with E-state index in [9.17, 15) is 0 Å². The van der Waals surface area contributed by atoms with Crippen LogP contribution < -0.4 is 70.3 Å². The second-order valence-corrected chi connectivity index (χ2v) is 23.3. The fourth-order valence-corrected chi connectivity index (χ4v) is 11.9. The number of halogens is 2. The maximum Gasteiger partial charge on any atom is 0.233 e. The van der Waals surface area contributed by atoms with Gasteiger partial charge in [-0.05, 0) is 135 Å². The van der Waals surface area contributed by atoms with Crippen LogP contribution in [0.4, 0.5) is 64.1 Å². The first-order valence-corrected chi connectivity index (χ1v) is 31.9. The van der Waals surface area contributed by atoms with Crippen LogP contribution in [-0.2, 0) is 0 Å². The molecule has 6 heterocycles. The number of para-hydroxylation sites is 1. The number of ether oxygens (including phenoxy) is 5. The summed E-state index contributed by atoms with van der Waals surface area (Å²) in [5, 5.41) is 26.1. The summed E-state index contributed by atoms with van der Waals surface area (Å²) in [5.74, 6) is 6.37. The molecule has 2 fully saturated rings. The molecule has 2 saturated heterocycles. The topological polar surface area (TPSA) is 231 Å². The van der Waals surface area contributed by atoms with Gasteiger partial charge in [-0.15, -0.1) is 0 Å². The molecule has 0 atom stereocenters. The predicted octanol–water partition coefficient (Wildman–Crippen LogP) is 13.5. The second-order valence-electron chi connectivity index (χ2n) is 22.4. The normalized spacial score (nSPS) is 13.3. The van der Waals surface area contributed by atoms with Crippen LogP contribution in [0.15, 0.2) is 146 Å². The highest BCUT2D eigenvalue weighted by atomic mass is 35.5. The standard InChI is InChI=1S/C69H71Cl2N17O5/c1-89-50-19-23-58-56(42-50)63(55-22-14-45(71)38-61(55)78-58)73-27-28-75-65-81-66(84-69(83-65)88-33-31-86(32-34-88)48-11-6-4-7-12-48)76-46-15-17-49(18-16-46)92-35-36-93-51-20-24-59-57(43-51)62(54-21-13-44(70)37-60(54)79-59)72-25-10-26-74-64-80-67(85-68(82-64)87-29-8-5-9-30-87)77-47-39-52(90-2)41-53(40-47)91-3/h4,6-7,11-24,37-43H,5,8-10,25-36H2,1-3H3,(H,72,79)(H,73,78)(H2,74,77,80,82,85)(H2,75,76,81,83,84). The van der Waals surface area contributed by atoms with Crippen molar-refractivity contribution in [2.24, 2.45) is 0 Å². The molecule has 22 nitrogen and oxygen atoms in total. The summed E-state index contributed by atoms with van der Waals surface area (Å²) < 4.78 is 29.2. The van der Waals surface area contributed by atoms with E-state index >= 15 is 0 Å². The predicted molar refractivity (Wildman–Crippen MR) is 374 cm³/mol. The number of benzene rings is 7. The number of aromatic nitrogens is 8. The molecular formula is C69H71Cl2N17O5. The van der Waals surface area contributed by atoms with Gasteiger partial charge in [0.15, 0.2) is 0 Å². The van der Waals surface area contributed by atoms with Crippen LogP contribution >= 0.6 is 23.2 Å². The summed E-state index contributed by atoms with van der Waals surface area (Å²) in [6, 6.07) is 47.0. The Labute approximate surface area is 548 Å². The molecule has 0 unspecified atom stereocenters. The zero-order valence-corrected chi connectivity index (χ0v) is 53.4. The molecular weight excluding hydrogens is 1220 g/mol. The highest BCUT2D eigenvalue weighted by Gasteiger charge is 2.23. The Bertz CT molecular complexity index is 4390. The van der Waals surface area contributed by atoms with Crippen molar-refractivity contribution in [3.63, 3.8) is 0 Å². The summed E-state index contributed by atoms with van der Waals surface area (Å²) in [7, 11) is 4.91. The van der Waals surface area contributed by atoms with Crippen molar-refractivity contribution >= 4 is 131 Å². The number of hydrogen-bond donors (Lipinski definition) is 6. The van der Waals surface area contributed by atoms with E-state index in [1.54, 1.807) is 21.3 Å². The summed E-state index contributed by atoms with van der Waals surface area (Å²) in [6.45, 7) is 7.77. The molecule has 2 aliphatic heterocycles. The van der Waals surface area contributed by atoms with Crippen LogP contribution in [-0.4, -0.2) is 140 Å². The third kappa shape index (κ3) is 15.0. The van der Waals surface area contributed by atoms with E-state index < -0.39 is 0 Å². The Kier molecular flexibility index (Phi) is 19.1. The van der Waals surface area contributed by atoms with Crippen LogP contribution in [0.5, 0.6) is 28.7 Å². The van der Waals surface area contributed by atoms with Gasteiger partial charge in [0.2, 0.25) is 35.7 Å². The van der Waals surface area contributed by atoms with Gasteiger partial charge in [-0.3, -0.25) is 0 Å². The first-order valence-electron chi connectivity index (χ1n) is 31.2. The minimum atomic E-state index is 0.302. The number of piperazine rings is 1.